The van der Waals surface area contributed by atoms with Gasteiger partial charge in [-0.05, 0) is 41.4 Å². The van der Waals surface area contributed by atoms with Gasteiger partial charge in [0.25, 0.3) is 0 Å². The van der Waals surface area contributed by atoms with Gasteiger partial charge in [-0.3, -0.25) is 9.59 Å². The number of phenolic OH excluding ortho intramolecular Hbond substituents is 1. The summed E-state index contributed by atoms with van der Waals surface area (Å²) in [6, 6.07) is 3.36. The SMILES string of the molecule is COCCN1C2=C(C(=O)CC(C)(C)C2)C(c2cc(Cl)c(O)c(OC)c2)C2=C1CC(C)(C)CC2=O. The maximum atomic E-state index is 13.7. The molecule has 0 fully saturated rings. The summed E-state index contributed by atoms with van der Waals surface area (Å²) in [6.45, 7) is 9.50. The van der Waals surface area contributed by atoms with Crippen LogP contribution in [0.3, 0.4) is 0 Å². The molecule has 0 radical (unpaired) electrons. The van der Waals surface area contributed by atoms with Crippen LogP contribution < -0.4 is 4.74 Å². The average molecular weight is 488 g/mol. The highest BCUT2D eigenvalue weighted by molar-refractivity contribution is 6.32. The van der Waals surface area contributed by atoms with E-state index < -0.39 is 5.92 Å². The third-order valence-corrected chi connectivity index (χ3v) is 7.43. The van der Waals surface area contributed by atoms with Gasteiger partial charge in [-0.1, -0.05) is 39.3 Å². The Morgan fingerprint density at radius 3 is 1.97 bits per heavy atom. The Bertz CT molecular complexity index is 1060. The van der Waals surface area contributed by atoms with Crippen molar-refractivity contribution in [3.63, 3.8) is 0 Å². The lowest BCUT2D eigenvalue weighted by atomic mass is 9.63. The van der Waals surface area contributed by atoms with Crippen LogP contribution >= 0.6 is 11.6 Å². The second-order valence-electron chi connectivity index (χ2n) is 11.2. The smallest absolute Gasteiger partial charge is 0.176 e. The van der Waals surface area contributed by atoms with E-state index in [1.807, 2.05) is 0 Å². The maximum absolute atomic E-state index is 13.7. The first kappa shape index (κ1) is 24.8. The van der Waals surface area contributed by atoms with Crippen molar-refractivity contribution in [1.82, 2.24) is 4.90 Å². The predicted molar refractivity (Wildman–Crippen MR) is 131 cm³/mol. The number of carbonyl (C=O) groups is 2. The number of allylic oxidation sites excluding steroid dienone is 4. The topological polar surface area (TPSA) is 76.1 Å². The van der Waals surface area contributed by atoms with Crippen LogP contribution in [0.5, 0.6) is 11.5 Å². The highest BCUT2D eigenvalue weighted by Crippen LogP contribution is 2.55. The summed E-state index contributed by atoms with van der Waals surface area (Å²) in [4.78, 5) is 29.6. The van der Waals surface area contributed by atoms with Gasteiger partial charge in [0, 0.05) is 55.0 Å². The first-order valence-corrected chi connectivity index (χ1v) is 12.1. The van der Waals surface area contributed by atoms with E-state index in [2.05, 4.69) is 32.6 Å². The Morgan fingerprint density at radius 1 is 0.971 bits per heavy atom. The maximum Gasteiger partial charge on any atom is 0.176 e. The monoisotopic (exact) mass is 487 g/mol. The van der Waals surface area contributed by atoms with Crippen molar-refractivity contribution < 1.29 is 24.2 Å². The van der Waals surface area contributed by atoms with E-state index in [4.69, 9.17) is 21.1 Å². The van der Waals surface area contributed by atoms with E-state index in [1.54, 1.807) is 19.2 Å². The summed E-state index contributed by atoms with van der Waals surface area (Å²) in [5.74, 6) is -0.373. The molecule has 0 saturated heterocycles. The van der Waals surface area contributed by atoms with Gasteiger partial charge in [-0.25, -0.2) is 0 Å². The fraction of sp³-hybridized carbons (Fsp3) is 0.556. The van der Waals surface area contributed by atoms with Crippen LogP contribution in [-0.2, 0) is 14.3 Å². The summed E-state index contributed by atoms with van der Waals surface area (Å²) in [7, 11) is 3.12. The number of ketones is 2. The van der Waals surface area contributed by atoms with E-state index in [0.717, 1.165) is 24.2 Å². The number of halogens is 1. The number of phenols is 1. The summed E-state index contributed by atoms with van der Waals surface area (Å²) >= 11 is 6.37. The van der Waals surface area contributed by atoms with Crippen LogP contribution in [0.2, 0.25) is 5.02 Å². The summed E-state index contributed by atoms with van der Waals surface area (Å²) in [5, 5.41) is 10.5. The fourth-order valence-corrected chi connectivity index (χ4v) is 5.97. The fourth-order valence-electron chi connectivity index (χ4n) is 5.75. The molecule has 1 aromatic carbocycles. The minimum absolute atomic E-state index is 0.0472. The van der Waals surface area contributed by atoms with Crippen molar-refractivity contribution in [2.75, 3.05) is 27.4 Å². The van der Waals surface area contributed by atoms with Gasteiger partial charge in [-0.2, -0.15) is 0 Å². The molecule has 2 aliphatic carbocycles. The molecular weight excluding hydrogens is 454 g/mol. The van der Waals surface area contributed by atoms with Crippen LogP contribution in [0.4, 0.5) is 0 Å². The van der Waals surface area contributed by atoms with Crippen LogP contribution in [0.1, 0.15) is 64.9 Å². The summed E-state index contributed by atoms with van der Waals surface area (Å²) < 4.78 is 10.8. The van der Waals surface area contributed by atoms with Gasteiger partial charge in [0.2, 0.25) is 0 Å². The second kappa shape index (κ2) is 8.72. The molecule has 0 spiro atoms. The molecule has 0 aromatic heterocycles. The molecule has 0 amide bonds. The molecule has 0 unspecified atom stereocenters. The number of rotatable bonds is 5. The molecule has 34 heavy (non-hydrogen) atoms. The zero-order chi connectivity index (χ0) is 25.0. The van der Waals surface area contributed by atoms with E-state index in [-0.39, 0.29) is 38.9 Å². The van der Waals surface area contributed by atoms with Crippen molar-refractivity contribution in [3.05, 3.63) is 45.3 Å². The number of hydrogen-bond donors (Lipinski definition) is 1. The van der Waals surface area contributed by atoms with Crippen molar-refractivity contribution in [3.8, 4) is 11.5 Å². The number of carbonyl (C=O) groups excluding carboxylic acids is 2. The Hall–Kier alpha value is -2.31. The van der Waals surface area contributed by atoms with Gasteiger partial charge >= 0.3 is 0 Å². The zero-order valence-electron chi connectivity index (χ0n) is 20.9. The second-order valence-corrected chi connectivity index (χ2v) is 11.6. The van der Waals surface area contributed by atoms with Gasteiger partial charge < -0.3 is 19.5 Å². The van der Waals surface area contributed by atoms with Crippen LogP contribution in [0.15, 0.2) is 34.7 Å². The van der Waals surface area contributed by atoms with E-state index in [9.17, 15) is 14.7 Å². The molecule has 1 N–H and O–H groups in total. The minimum Gasteiger partial charge on any atom is -0.503 e. The molecule has 1 aromatic rings. The van der Waals surface area contributed by atoms with Crippen LogP contribution in [0, 0.1) is 10.8 Å². The lowest BCUT2D eigenvalue weighted by Crippen LogP contribution is -2.45. The Labute approximate surface area is 206 Å². The number of hydrogen-bond acceptors (Lipinski definition) is 6. The third kappa shape index (κ3) is 4.27. The molecule has 1 aliphatic heterocycles. The number of benzene rings is 1. The molecular formula is C27H34ClNO5. The average Bonchev–Trinajstić information content (AvgIpc) is 2.72. The molecule has 4 rings (SSSR count). The molecule has 7 heteroatoms. The summed E-state index contributed by atoms with van der Waals surface area (Å²) in [6.07, 6.45) is 2.27. The normalized spacial score (nSPS) is 22.1. The first-order valence-electron chi connectivity index (χ1n) is 11.7. The van der Waals surface area contributed by atoms with Crippen molar-refractivity contribution in [1.29, 1.82) is 0 Å². The van der Waals surface area contributed by atoms with Crippen LogP contribution in [-0.4, -0.2) is 48.9 Å². The molecule has 184 valence electrons. The Morgan fingerprint density at radius 2 is 1.50 bits per heavy atom. The molecule has 0 atom stereocenters. The van der Waals surface area contributed by atoms with Gasteiger partial charge in [0.1, 0.15) is 0 Å². The van der Waals surface area contributed by atoms with Crippen LogP contribution in [0.25, 0.3) is 0 Å². The Kier molecular flexibility index (Phi) is 6.36. The van der Waals surface area contributed by atoms with Gasteiger partial charge in [0.05, 0.1) is 18.7 Å². The van der Waals surface area contributed by atoms with E-state index in [1.165, 1.54) is 7.11 Å². The number of nitrogens with zero attached hydrogens (tertiary/aromatic N) is 1. The zero-order valence-corrected chi connectivity index (χ0v) is 21.6. The standard InChI is InChI=1S/C27H34ClNO5/c1-26(2)11-17-23(19(30)13-26)22(15-9-16(28)25(32)21(10-15)34-6)24-18(29(17)7-8-33-5)12-27(3,4)14-20(24)31/h9-10,22,32H,7-8,11-14H2,1-6H3. The lowest BCUT2D eigenvalue weighted by Gasteiger charge is -2.49. The van der Waals surface area contributed by atoms with Gasteiger partial charge in [-0.15, -0.1) is 0 Å². The highest BCUT2D eigenvalue weighted by atomic mass is 35.5. The predicted octanol–water partition coefficient (Wildman–Crippen LogP) is 5.39. The lowest BCUT2D eigenvalue weighted by molar-refractivity contribution is -0.119. The quantitative estimate of drug-likeness (QED) is 0.600. The number of ether oxygens (including phenoxy) is 2. The highest BCUT2D eigenvalue weighted by Gasteiger charge is 2.49. The third-order valence-electron chi connectivity index (χ3n) is 7.14. The largest absolute Gasteiger partial charge is 0.503 e. The minimum atomic E-state index is -0.539. The van der Waals surface area contributed by atoms with Crippen molar-refractivity contribution in [2.45, 2.75) is 59.3 Å². The number of aromatic hydroxyl groups is 1. The molecule has 6 nitrogen and oxygen atoms in total. The van der Waals surface area contributed by atoms with Crippen molar-refractivity contribution >= 4 is 23.2 Å². The van der Waals surface area contributed by atoms with Crippen molar-refractivity contribution in [2.24, 2.45) is 10.8 Å². The summed E-state index contributed by atoms with van der Waals surface area (Å²) in [5.41, 5.74) is 3.56. The van der Waals surface area contributed by atoms with E-state index >= 15 is 0 Å². The van der Waals surface area contributed by atoms with E-state index in [0.29, 0.717) is 42.7 Å². The molecule has 0 bridgehead atoms. The molecule has 1 heterocycles. The number of Topliss-reactive ketones (excluding diaryl/α,β-unsaturated/α-hetero) is 2. The first-order chi connectivity index (χ1) is 15.9. The Balaban J connectivity index is 2.01. The van der Waals surface area contributed by atoms with Gasteiger partial charge in [0.15, 0.2) is 23.1 Å². The number of methoxy groups -OCH3 is 2. The molecule has 3 aliphatic rings. The molecule has 0 saturated carbocycles.